The Labute approximate surface area is 203 Å². The van der Waals surface area contributed by atoms with Crippen molar-refractivity contribution in [1.29, 1.82) is 0 Å². The molecule has 0 spiro atoms. The van der Waals surface area contributed by atoms with Crippen LogP contribution in [-0.4, -0.2) is 40.8 Å². The number of rotatable bonds is 6. The van der Waals surface area contributed by atoms with Crippen LogP contribution in [0.5, 0.6) is 0 Å². The van der Waals surface area contributed by atoms with Crippen LogP contribution in [0, 0.1) is 12.8 Å². The van der Waals surface area contributed by atoms with Gasteiger partial charge in [0.25, 0.3) is 11.4 Å². The van der Waals surface area contributed by atoms with E-state index in [0.29, 0.717) is 41.5 Å². The van der Waals surface area contributed by atoms with Gasteiger partial charge in [-0.3, -0.25) is 14.2 Å². The summed E-state index contributed by atoms with van der Waals surface area (Å²) in [5, 5.41) is 21.0. The zero-order chi connectivity index (χ0) is 24.9. The first-order valence-corrected chi connectivity index (χ1v) is 11.2. The number of aliphatic carboxylic acids is 1. The lowest BCUT2D eigenvalue weighted by Crippen LogP contribution is -2.40. The van der Waals surface area contributed by atoms with E-state index in [2.05, 4.69) is 25.5 Å². The number of carboxylic acid groups (broad SMARTS) is 1. The Hall–Kier alpha value is -4.06. The van der Waals surface area contributed by atoms with Gasteiger partial charge in [-0.15, -0.1) is 10.2 Å². The lowest BCUT2D eigenvalue weighted by atomic mass is 9.80. The fraction of sp³-hybridized carbons (Fsp3) is 0.318. The molecule has 180 valence electrons. The summed E-state index contributed by atoms with van der Waals surface area (Å²) in [6.45, 7) is 3.46. The molecule has 1 atom stereocenters. The molecule has 1 unspecified atom stereocenters. The van der Waals surface area contributed by atoms with Crippen LogP contribution in [0.15, 0.2) is 33.7 Å². The van der Waals surface area contributed by atoms with E-state index in [9.17, 15) is 14.7 Å². The summed E-state index contributed by atoms with van der Waals surface area (Å²) in [5.41, 5.74) is 6.52. The zero-order valence-corrected chi connectivity index (χ0v) is 19.5. The molecule has 4 aromatic rings. The summed E-state index contributed by atoms with van der Waals surface area (Å²) in [6.07, 6.45) is 1.93. The Morgan fingerprint density at radius 1 is 1.31 bits per heavy atom. The largest absolute Gasteiger partial charge is 0.481 e. The molecular formula is C22H21ClN8O4. The van der Waals surface area contributed by atoms with Crippen molar-refractivity contribution in [3.05, 3.63) is 51.6 Å². The van der Waals surface area contributed by atoms with Gasteiger partial charge in [0.05, 0.1) is 27.9 Å². The minimum absolute atomic E-state index is 0.136. The molecule has 13 heteroatoms. The number of carbonyl (C=O) groups is 1. The first-order valence-electron chi connectivity index (χ1n) is 10.9. The quantitative estimate of drug-likeness (QED) is 0.357. The number of nitrogens with one attached hydrogen (secondary N) is 1. The van der Waals surface area contributed by atoms with Gasteiger partial charge in [-0.2, -0.15) is 0 Å². The Balaban J connectivity index is 1.60. The standard InChI is InChI=1S/C22H21ClN8O4/c1-9(27-18-16(17(24)25-8-26-18)20-30-29-10(2)35-20)19-28-14-5-3-4-13(23)15(14)21(32)31(19)12-6-11(7-12)22(33)34/h3-5,8-9,11-12H,6-7H2,1-2H3,(H,33,34)(H3,24,25,26,27). The maximum atomic E-state index is 13.6. The molecule has 5 rings (SSSR count). The molecule has 0 amide bonds. The van der Waals surface area contributed by atoms with E-state index in [1.54, 1.807) is 25.1 Å². The van der Waals surface area contributed by atoms with Crippen molar-refractivity contribution in [1.82, 2.24) is 29.7 Å². The van der Waals surface area contributed by atoms with Crippen LogP contribution < -0.4 is 16.6 Å². The SMILES string of the molecule is Cc1nnc(-c2c(N)ncnc2NC(C)c2nc3cccc(Cl)c3c(=O)n2C2CC(C(=O)O)C2)o1. The number of aryl methyl sites for hydroxylation is 1. The average molecular weight is 497 g/mol. The predicted octanol–water partition coefficient (Wildman–Crippen LogP) is 2.99. The number of benzene rings is 1. The molecule has 1 aliphatic rings. The van der Waals surface area contributed by atoms with Gasteiger partial charge in [-0.1, -0.05) is 17.7 Å². The molecule has 1 fully saturated rings. The minimum Gasteiger partial charge on any atom is -0.481 e. The van der Waals surface area contributed by atoms with Crippen LogP contribution in [0.3, 0.4) is 0 Å². The topological polar surface area (TPSA) is 175 Å². The Kier molecular flexibility index (Phi) is 5.59. The van der Waals surface area contributed by atoms with Gasteiger partial charge >= 0.3 is 5.97 Å². The third kappa shape index (κ3) is 3.95. The number of anilines is 2. The Morgan fingerprint density at radius 3 is 2.77 bits per heavy atom. The normalized spacial score (nSPS) is 18.3. The summed E-state index contributed by atoms with van der Waals surface area (Å²) >= 11 is 6.33. The maximum absolute atomic E-state index is 13.6. The van der Waals surface area contributed by atoms with Crippen molar-refractivity contribution >= 4 is 40.1 Å². The highest BCUT2D eigenvalue weighted by Gasteiger charge is 2.38. The first-order chi connectivity index (χ1) is 16.7. The van der Waals surface area contributed by atoms with Crippen molar-refractivity contribution in [2.45, 2.75) is 38.8 Å². The smallest absolute Gasteiger partial charge is 0.306 e. The maximum Gasteiger partial charge on any atom is 0.306 e. The molecule has 1 saturated carbocycles. The van der Waals surface area contributed by atoms with Crippen molar-refractivity contribution < 1.29 is 14.3 Å². The van der Waals surface area contributed by atoms with Crippen LogP contribution >= 0.6 is 11.6 Å². The number of nitrogens with two attached hydrogens (primary N) is 1. The monoisotopic (exact) mass is 496 g/mol. The van der Waals surface area contributed by atoms with Gasteiger partial charge in [-0.05, 0) is 31.9 Å². The van der Waals surface area contributed by atoms with Gasteiger partial charge in [0.1, 0.15) is 29.4 Å². The van der Waals surface area contributed by atoms with E-state index < -0.39 is 17.9 Å². The van der Waals surface area contributed by atoms with E-state index in [0.717, 1.165) is 0 Å². The van der Waals surface area contributed by atoms with E-state index in [1.165, 1.54) is 10.9 Å². The number of fused-ring (bicyclic) bond motifs is 1. The lowest BCUT2D eigenvalue weighted by molar-refractivity contribution is -0.146. The average Bonchev–Trinajstić information content (AvgIpc) is 3.19. The fourth-order valence-electron chi connectivity index (χ4n) is 4.26. The molecule has 0 saturated heterocycles. The molecule has 35 heavy (non-hydrogen) atoms. The molecule has 1 aliphatic carbocycles. The number of hydrogen-bond donors (Lipinski definition) is 3. The number of hydrogen-bond acceptors (Lipinski definition) is 10. The van der Waals surface area contributed by atoms with E-state index >= 15 is 0 Å². The Bertz CT molecular complexity index is 1510. The highest BCUT2D eigenvalue weighted by atomic mass is 35.5. The van der Waals surface area contributed by atoms with E-state index in [-0.39, 0.29) is 33.7 Å². The molecule has 3 heterocycles. The van der Waals surface area contributed by atoms with Gasteiger partial charge < -0.3 is 20.6 Å². The van der Waals surface area contributed by atoms with E-state index in [4.69, 9.17) is 26.7 Å². The number of carboxylic acids is 1. The molecule has 0 bridgehead atoms. The van der Waals surface area contributed by atoms with Gasteiger partial charge in [-0.25, -0.2) is 15.0 Å². The van der Waals surface area contributed by atoms with Crippen molar-refractivity contribution in [2.75, 3.05) is 11.1 Å². The first kappa shape index (κ1) is 22.7. The number of halogens is 1. The van der Waals surface area contributed by atoms with Gasteiger partial charge in [0.2, 0.25) is 5.89 Å². The van der Waals surface area contributed by atoms with Crippen LogP contribution in [-0.2, 0) is 4.79 Å². The van der Waals surface area contributed by atoms with E-state index in [1.807, 2.05) is 6.92 Å². The lowest BCUT2D eigenvalue weighted by Gasteiger charge is -2.36. The third-order valence-corrected chi connectivity index (χ3v) is 6.41. The molecule has 4 N–H and O–H groups in total. The number of nitrogens with zero attached hydrogens (tertiary/aromatic N) is 6. The summed E-state index contributed by atoms with van der Waals surface area (Å²) in [7, 11) is 0. The molecular weight excluding hydrogens is 476 g/mol. The molecule has 0 radical (unpaired) electrons. The molecule has 12 nitrogen and oxygen atoms in total. The van der Waals surface area contributed by atoms with Crippen LogP contribution in [0.4, 0.5) is 11.6 Å². The van der Waals surface area contributed by atoms with Crippen LogP contribution in [0.25, 0.3) is 22.4 Å². The predicted molar refractivity (Wildman–Crippen MR) is 127 cm³/mol. The van der Waals surface area contributed by atoms with Gasteiger partial charge in [0, 0.05) is 13.0 Å². The molecule has 3 aromatic heterocycles. The summed E-state index contributed by atoms with van der Waals surface area (Å²) in [4.78, 5) is 38.0. The summed E-state index contributed by atoms with van der Waals surface area (Å²) < 4.78 is 7.06. The molecule has 1 aromatic carbocycles. The number of nitrogen functional groups attached to an aromatic ring is 1. The fourth-order valence-corrected chi connectivity index (χ4v) is 4.52. The highest BCUT2D eigenvalue weighted by molar-refractivity contribution is 6.35. The van der Waals surface area contributed by atoms with Crippen molar-refractivity contribution in [2.24, 2.45) is 5.92 Å². The van der Waals surface area contributed by atoms with Crippen molar-refractivity contribution in [3.8, 4) is 11.5 Å². The second-order valence-electron chi connectivity index (χ2n) is 8.41. The van der Waals surface area contributed by atoms with Gasteiger partial charge in [0.15, 0.2) is 0 Å². The summed E-state index contributed by atoms with van der Waals surface area (Å²) in [6, 6.07) is 4.17. The van der Waals surface area contributed by atoms with Crippen LogP contribution in [0.2, 0.25) is 5.02 Å². The highest BCUT2D eigenvalue weighted by Crippen LogP contribution is 2.39. The minimum atomic E-state index is -0.884. The second kappa shape index (κ2) is 8.62. The third-order valence-electron chi connectivity index (χ3n) is 6.09. The zero-order valence-electron chi connectivity index (χ0n) is 18.8. The molecule has 0 aliphatic heterocycles. The Morgan fingerprint density at radius 2 is 2.09 bits per heavy atom. The second-order valence-corrected chi connectivity index (χ2v) is 8.82. The number of aromatic nitrogens is 6. The van der Waals surface area contributed by atoms with Crippen molar-refractivity contribution in [3.63, 3.8) is 0 Å². The summed E-state index contributed by atoms with van der Waals surface area (Å²) in [5.74, 6) is -0.0430. The van der Waals surface area contributed by atoms with Crippen LogP contribution in [0.1, 0.15) is 43.6 Å².